The van der Waals surface area contributed by atoms with Crippen LogP contribution in [0.4, 0.5) is 0 Å². The molecule has 1 aromatic heterocycles. The third-order valence-electron chi connectivity index (χ3n) is 1.55. The van der Waals surface area contributed by atoms with Crippen molar-refractivity contribution in [3.05, 3.63) is 28.6 Å². The monoisotopic (exact) mass is 241 g/mol. The summed E-state index contributed by atoms with van der Waals surface area (Å²) in [4.78, 5) is 14.3. The van der Waals surface area contributed by atoms with Crippen LogP contribution < -0.4 is 0 Å². The molecule has 0 atom stereocenters. The predicted octanol–water partition coefficient (Wildman–Crippen LogP) is 2.29. The number of carbonyl (C=O) groups is 1. The van der Waals surface area contributed by atoms with Crippen molar-refractivity contribution >= 4 is 33.0 Å². The summed E-state index contributed by atoms with van der Waals surface area (Å²) in [5.74, 6) is -1.45. The lowest BCUT2D eigenvalue weighted by Crippen LogP contribution is -1.94. The van der Waals surface area contributed by atoms with Crippen LogP contribution in [0.1, 0.15) is 10.7 Å². The van der Waals surface area contributed by atoms with Gasteiger partial charge in [0, 0.05) is 0 Å². The number of nitrogens with zero attached hydrogens (tertiary/aromatic N) is 1. The van der Waals surface area contributed by atoms with Crippen molar-refractivity contribution in [2.45, 2.75) is 0 Å². The Hall–Kier alpha value is -1.36. The maximum atomic E-state index is 10.5. The van der Waals surface area contributed by atoms with Crippen LogP contribution >= 0.6 is 15.9 Å². The number of carboxylic acids is 1. The molecular formula is C8H4BrNO3. The highest BCUT2D eigenvalue weighted by molar-refractivity contribution is 9.10. The molecule has 0 spiro atoms. The molecule has 1 N–H and O–H groups in total. The minimum Gasteiger partial charge on any atom is -0.474 e. The molecule has 0 aliphatic heterocycles. The summed E-state index contributed by atoms with van der Waals surface area (Å²) < 4.78 is 5.70. The Morgan fingerprint density at radius 1 is 1.54 bits per heavy atom. The number of rotatable bonds is 1. The number of hydrogen-bond acceptors (Lipinski definition) is 3. The van der Waals surface area contributed by atoms with Gasteiger partial charge >= 0.3 is 11.9 Å². The van der Waals surface area contributed by atoms with Gasteiger partial charge in [0.1, 0.15) is 5.52 Å². The van der Waals surface area contributed by atoms with Crippen LogP contribution in [-0.4, -0.2) is 16.1 Å². The molecule has 0 radical (unpaired) electrons. The van der Waals surface area contributed by atoms with Crippen molar-refractivity contribution in [3.8, 4) is 0 Å². The van der Waals surface area contributed by atoms with Gasteiger partial charge in [-0.15, -0.1) is 0 Å². The molecular weight excluding hydrogens is 238 g/mol. The molecule has 2 rings (SSSR count). The molecule has 66 valence electrons. The van der Waals surface area contributed by atoms with Gasteiger partial charge in [0.15, 0.2) is 5.58 Å². The number of fused-ring (bicyclic) bond motifs is 1. The molecule has 1 aromatic carbocycles. The second kappa shape index (κ2) is 2.85. The van der Waals surface area contributed by atoms with Crippen LogP contribution in [0, 0.1) is 0 Å². The van der Waals surface area contributed by atoms with E-state index in [9.17, 15) is 4.79 Å². The van der Waals surface area contributed by atoms with Gasteiger partial charge in [-0.1, -0.05) is 6.07 Å². The first-order valence-electron chi connectivity index (χ1n) is 3.47. The van der Waals surface area contributed by atoms with E-state index in [-0.39, 0.29) is 5.89 Å². The Labute approximate surface area is 81.3 Å². The molecule has 0 aliphatic rings. The normalized spacial score (nSPS) is 10.5. The molecule has 0 aliphatic carbocycles. The van der Waals surface area contributed by atoms with E-state index < -0.39 is 5.97 Å². The molecule has 0 saturated heterocycles. The van der Waals surface area contributed by atoms with E-state index in [1.54, 1.807) is 18.2 Å². The Bertz CT molecular complexity index is 477. The van der Waals surface area contributed by atoms with Crippen molar-refractivity contribution in [1.29, 1.82) is 0 Å². The summed E-state index contributed by atoms with van der Waals surface area (Å²) in [5, 5.41) is 8.61. The Morgan fingerprint density at radius 3 is 2.92 bits per heavy atom. The first-order chi connectivity index (χ1) is 6.18. The number of benzene rings is 1. The molecule has 0 saturated carbocycles. The molecule has 4 nitrogen and oxygen atoms in total. The van der Waals surface area contributed by atoms with E-state index in [0.717, 1.165) is 0 Å². The Balaban J connectivity index is 2.75. The fraction of sp³-hybridized carbons (Fsp3) is 0. The quantitative estimate of drug-likeness (QED) is 0.833. The minimum absolute atomic E-state index is 0.290. The summed E-state index contributed by atoms with van der Waals surface area (Å²) in [6, 6.07) is 5.22. The SMILES string of the molecule is O=C(O)c1nc2cccc(Br)c2o1. The smallest absolute Gasteiger partial charge is 0.392 e. The third kappa shape index (κ3) is 1.31. The number of aromatic carboxylic acids is 1. The van der Waals surface area contributed by atoms with Crippen LogP contribution in [0.25, 0.3) is 11.1 Å². The highest BCUT2D eigenvalue weighted by Gasteiger charge is 2.13. The standard InChI is InChI=1S/C8H4BrNO3/c9-4-2-1-3-5-6(4)13-7(10-5)8(11)12/h1-3H,(H,11,12). The van der Waals surface area contributed by atoms with Crippen LogP contribution in [0.15, 0.2) is 27.1 Å². The van der Waals surface area contributed by atoms with Gasteiger partial charge < -0.3 is 9.52 Å². The molecule has 2 aromatic rings. The van der Waals surface area contributed by atoms with Gasteiger partial charge in [-0.25, -0.2) is 9.78 Å². The van der Waals surface area contributed by atoms with Gasteiger partial charge in [0.2, 0.25) is 0 Å². The van der Waals surface area contributed by atoms with Crippen molar-refractivity contribution in [3.63, 3.8) is 0 Å². The van der Waals surface area contributed by atoms with Crippen molar-refractivity contribution in [1.82, 2.24) is 4.98 Å². The predicted molar refractivity (Wildman–Crippen MR) is 48.7 cm³/mol. The fourth-order valence-corrected chi connectivity index (χ4v) is 1.44. The summed E-state index contributed by atoms with van der Waals surface area (Å²) in [6.45, 7) is 0. The average molecular weight is 242 g/mol. The summed E-state index contributed by atoms with van der Waals surface area (Å²) in [5.41, 5.74) is 0.992. The van der Waals surface area contributed by atoms with Crippen LogP contribution in [0.5, 0.6) is 0 Å². The topological polar surface area (TPSA) is 63.3 Å². The van der Waals surface area contributed by atoms with E-state index >= 15 is 0 Å². The second-order valence-electron chi connectivity index (χ2n) is 2.41. The number of hydrogen-bond donors (Lipinski definition) is 1. The largest absolute Gasteiger partial charge is 0.474 e. The summed E-state index contributed by atoms with van der Waals surface area (Å²) >= 11 is 3.23. The average Bonchev–Trinajstić information content (AvgIpc) is 2.49. The van der Waals surface area contributed by atoms with Gasteiger partial charge in [-0.2, -0.15) is 0 Å². The van der Waals surface area contributed by atoms with E-state index in [1.165, 1.54) is 0 Å². The maximum Gasteiger partial charge on any atom is 0.392 e. The maximum absolute atomic E-state index is 10.5. The Kier molecular flexibility index (Phi) is 1.81. The zero-order valence-corrected chi connectivity index (χ0v) is 7.91. The van der Waals surface area contributed by atoms with Crippen molar-refractivity contribution in [2.24, 2.45) is 0 Å². The molecule has 0 unspecified atom stereocenters. The van der Waals surface area contributed by atoms with E-state index in [1.807, 2.05) is 0 Å². The zero-order valence-electron chi connectivity index (χ0n) is 6.32. The zero-order chi connectivity index (χ0) is 9.42. The minimum atomic E-state index is -1.16. The highest BCUT2D eigenvalue weighted by atomic mass is 79.9. The van der Waals surface area contributed by atoms with Gasteiger partial charge in [0.05, 0.1) is 4.47 Å². The van der Waals surface area contributed by atoms with E-state index in [0.29, 0.717) is 15.6 Å². The number of halogens is 1. The van der Waals surface area contributed by atoms with Gasteiger partial charge in [0.25, 0.3) is 0 Å². The van der Waals surface area contributed by atoms with Crippen molar-refractivity contribution < 1.29 is 14.3 Å². The highest BCUT2D eigenvalue weighted by Crippen LogP contribution is 2.24. The van der Waals surface area contributed by atoms with Gasteiger partial charge in [-0.05, 0) is 28.1 Å². The van der Waals surface area contributed by atoms with Crippen LogP contribution in [-0.2, 0) is 0 Å². The lowest BCUT2D eigenvalue weighted by Gasteiger charge is -1.87. The second-order valence-corrected chi connectivity index (χ2v) is 3.27. The van der Waals surface area contributed by atoms with E-state index in [2.05, 4.69) is 20.9 Å². The molecule has 0 bridgehead atoms. The molecule has 13 heavy (non-hydrogen) atoms. The number of aromatic nitrogens is 1. The summed E-state index contributed by atoms with van der Waals surface area (Å²) in [7, 11) is 0. The number of carboxylic acid groups (broad SMARTS) is 1. The van der Waals surface area contributed by atoms with Crippen LogP contribution in [0.3, 0.4) is 0 Å². The molecule has 5 heteroatoms. The lowest BCUT2D eigenvalue weighted by atomic mass is 10.3. The Morgan fingerprint density at radius 2 is 2.31 bits per heavy atom. The first kappa shape index (κ1) is 8.25. The fourth-order valence-electron chi connectivity index (χ4n) is 1.01. The van der Waals surface area contributed by atoms with Crippen molar-refractivity contribution in [2.75, 3.05) is 0 Å². The number of para-hydroxylation sites is 1. The van der Waals surface area contributed by atoms with E-state index in [4.69, 9.17) is 9.52 Å². The molecule has 0 amide bonds. The molecule has 1 heterocycles. The third-order valence-corrected chi connectivity index (χ3v) is 2.17. The van der Waals surface area contributed by atoms with Crippen LogP contribution in [0.2, 0.25) is 0 Å². The first-order valence-corrected chi connectivity index (χ1v) is 4.26. The molecule has 0 fully saturated rings. The van der Waals surface area contributed by atoms with Gasteiger partial charge in [-0.3, -0.25) is 0 Å². The summed E-state index contributed by atoms with van der Waals surface area (Å²) in [6.07, 6.45) is 0. The lowest BCUT2D eigenvalue weighted by molar-refractivity contribution is 0.0656. The number of oxazole rings is 1.